The van der Waals surface area contributed by atoms with Crippen LogP contribution in [0.25, 0.3) is 10.1 Å². The van der Waals surface area contributed by atoms with Crippen LogP contribution >= 0.6 is 43.2 Å². The van der Waals surface area contributed by atoms with E-state index in [0.717, 1.165) is 14.7 Å². The Morgan fingerprint density at radius 1 is 1.29 bits per heavy atom. The number of halogens is 2. The summed E-state index contributed by atoms with van der Waals surface area (Å²) in [6.07, 6.45) is 0. The maximum absolute atomic E-state index is 9.06. The van der Waals surface area contributed by atoms with Crippen molar-refractivity contribution in [1.29, 1.82) is 0 Å². The Kier molecular flexibility index (Phi) is 3.27. The summed E-state index contributed by atoms with van der Waals surface area (Å²) in [5.41, 5.74) is 1.26. The van der Waals surface area contributed by atoms with Crippen molar-refractivity contribution < 1.29 is 5.11 Å². The lowest BCUT2D eigenvalue weighted by Gasteiger charge is -1.98. The van der Waals surface area contributed by atoms with Gasteiger partial charge in [-0.1, -0.05) is 31.9 Å². The minimum Gasteiger partial charge on any atom is -0.391 e. The van der Waals surface area contributed by atoms with Gasteiger partial charge in [0.05, 0.1) is 6.61 Å². The molecule has 0 aliphatic heterocycles. The lowest BCUT2D eigenvalue weighted by Crippen LogP contribution is -1.77. The summed E-state index contributed by atoms with van der Waals surface area (Å²) >= 11 is 8.60. The predicted octanol–water partition coefficient (Wildman–Crippen LogP) is 4.05. The fraction of sp³-hybridized carbons (Fsp3) is 0.200. The molecule has 0 aliphatic rings. The summed E-state index contributed by atoms with van der Waals surface area (Å²) in [6.45, 7) is 0.124. The van der Waals surface area contributed by atoms with Crippen LogP contribution in [-0.4, -0.2) is 5.11 Å². The Morgan fingerprint density at radius 2 is 2.07 bits per heavy atom. The number of alkyl halides is 1. The fourth-order valence-electron chi connectivity index (χ4n) is 1.42. The van der Waals surface area contributed by atoms with E-state index in [-0.39, 0.29) is 6.61 Å². The molecule has 1 N–H and O–H groups in total. The molecular weight excluding hydrogens is 328 g/mol. The molecule has 0 bridgehead atoms. The van der Waals surface area contributed by atoms with Crippen molar-refractivity contribution in [1.82, 2.24) is 0 Å². The average molecular weight is 336 g/mol. The molecule has 1 heterocycles. The first-order chi connectivity index (χ1) is 6.74. The zero-order chi connectivity index (χ0) is 10.1. The van der Waals surface area contributed by atoms with Gasteiger partial charge in [0.1, 0.15) is 0 Å². The third-order valence-electron chi connectivity index (χ3n) is 2.01. The normalized spacial score (nSPS) is 11.1. The molecule has 0 spiro atoms. The Labute approximate surface area is 103 Å². The topological polar surface area (TPSA) is 20.2 Å². The maximum atomic E-state index is 9.06. The van der Waals surface area contributed by atoms with E-state index in [1.165, 1.54) is 15.6 Å². The van der Waals surface area contributed by atoms with Gasteiger partial charge in [-0.2, -0.15) is 0 Å². The van der Waals surface area contributed by atoms with Crippen molar-refractivity contribution >= 4 is 53.3 Å². The first-order valence-corrected chi connectivity index (χ1v) is 6.85. The number of aliphatic hydroxyl groups excluding tert-OH is 1. The Hall–Kier alpha value is 0.1000. The van der Waals surface area contributed by atoms with Crippen molar-refractivity contribution in [3.63, 3.8) is 0 Å². The van der Waals surface area contributed by atoms with Gasteiger partial charge in [0.25, 0.3) is 0 Å². The quantitative estimate of drug-likeness (QED) is 0.821. The van der Waals surface area contributed by atoms with Crippen LogP contribution in [0.2, 0.25) is 0 Å². The number of hydrogen-bond acceptors (Lipinski definition) is 2. The van der Waals surface area contributed by atoms with Gasteiger partial charge in [-0.15, -0.1) is 11.3 Å². The molecule has 0 fully saturated rings. The van der Waals surface area contributed by atoms with E-state index in [4.69, 9.17) is 5.11 Å². The minimum absolute atomic E-state index is 0.124. The van der Waals surface area contributed by atoms with Crippen LogP contribution in [0.5, 0.6) is 0 Å². The zero-order valence-corrected chi connectivity index (χ0v) is 11.2. The lowest BCUT2D eigenvalue weighted by molar-refractivity contribution is 0.285. The van der Waals surface area contributed by atoms with Crippen molar-refractivity contribution in [3.8, 4) is 0 Å². The average Bonchev–Trinajstić information content (AvgIpc) is 2.59. The van der Waals surface area contributed by atoms with Gasteiger partial charge < -0.3 is 5.11 Å². The van der Waals surface area contributed by atoms with Gasteiger partial charge in [-0.3, -0.25) is 0 Å². The van der Waals surface area contributed by atoms with Crippen LogP contribution in [-0.2, 0) is 11.9 Å². The molecule has 2 rings (SSSR count). The maximum Gasteiger partial charge on any atom is 0.0774 e. The summed E-state index contributed by atoms with van der Waals surface area (Å²) in [6, 6.07) is 6.23. The second-order valence-electron chi connectivity index (χ2n) is 2.99. The molecule has 1 aromatic heterocycles. The number of fused-ring (bicyclic) bond motifs is 1. The molecule has 0 aliphatic carbocycles. The summed E-state index contributed by atoms with van der Waals surface area (Å²) in [4.78, 5) is 1.01. The van der Waals surface area contributed by atoms with Crippen LogP contribution in [0.1, 0.15) is 10.4 Å². The summed E-state index contributed by atoms with van der Waals surface area (Å²) in [5, 5.41) is 11.1. The summed E-state index contributed by atoms with van der Waals surface area (Å²) < 4.78 is 2.34. The van der Waals surface area contributed by atoms with E-state index in [2.05, 4.69) is 44.0 Å². The second-order valence-corrected chi connectivity index (χ2v) is 5.60. The van der Waals surface area contributed by atoms with E-state index < -0.39 is 0 Å². The SMILES string of the molecule is OCc1cc2cc(Br)cc(CBr)c2s1. The van der Waals surface area contributed by atoms with Gasteiger partial charge in [-0.05, 0) is 29.1 Å². The fourth-order valence-corrected chi connectivity index (χ4v) is 3.58. The van der Waals surface area contributed by atoms with Crippen molar-refractivity contribution in [2.24, 2.45) is 0 Å². The monoisotopic (exact) mass is 334 g/mol. The van der Waals surface area contributed by atoms with E-state index in [1.54, 1.807) is 11.3 Å². The highest BCUT2D eigenvalue weighted by molar-refractivity contribution is 9.10. The summed E-state index contributed by atoms with van der Waals surface area (Å²) in [7, 11) is 0. The van der Waals surface area contributed by atoms with Gasteiger partial charge in [0.2, 0.25) is 0 Å². The number of rotatable bonds is 2. The Balaban J connectivity index is 2.71. The number of hydrogen-bond donors (Lipinski definition) is 1. The van der Waals surface area contributed by atoms with Crippen molar-refractivity contribution in [2.45, 2.75) is 11.9 Å². The molecular formula is C10H8Br2OS. The molecule has 1 nitrogen and oxygen atoms in total. The standard InChI is InChI=1S/C10H8Br2OS/c11-4-7-2-8(12)1-6-3-9(5-13)14-10(6)7/h1-3,13H,4-5H2. The first kappa shape index (κ1) is 10.6. The highest BCUT2D eigenvalue weighted by atomic mass is 79.9. The van der Waals surface area contributed by atoms with Crippen molar-refractivity contribution in [2.75, 3.05) is 0 Å². The lowest BCUT2D eigenvalue weighted by atomic mass is 10.2. The number of aliphatic hydroxyl groups is 1. The largest absolute Gasteiger partial charge is 0.391 e. The molecule has 0 saturated carbocycles. The smallest absolute Gasteiger partial charge is 0.0774 e. The van der Waals surface area contributed by atoms with Crippen LogP contribution in [0.4, 0.5) is 0 Å². The third-order valence-corrected chi connectivity index (χ3v) is 4.28. The molecule has 0 radical (unpaired) electrons. The van der Waals surface area contributed by atoms with E-state index in [1.807, 2.05) is 6.07 Å². The predicted molar refractivity (Wildman–Crippen MR) is 68.1 cm³/mol. The van der Waals surface area contributed by atoms with Gasteiger partial charge in [0, 0.05) is 19.4 Å². The zero-order valence-electron chi connectivity index (χ0n) is 7.26. The highest BCUT2D eigenvalue weighted by Gasteiger charge is 2.06. The van der Waals surface area contributed by atoms with Crippen molar-refractivity contribution in [3.05, 3.63) is 33.1 Å². The van der Waals surface area contributed by atoms with Crippen LogP contribution < -0.4 is 0 Å². The first-order valence-electron chi connectivity index (χ1n) is 4.12. The molecule has 1 aromatic carbocycles. The molecule has 0 saturated heterocycles. The molecule has 2 aromatic rings. The van der Waals surface area contributed by atoms with E-state index in [9.17, 15) is 0 Å². The molecule has 74 valence electrons. The number of benzene rings is 1. The van der Waals surface area contributed by atoms with Gasteiger partial charge in [-0.25, -0.2) is 0 Å². The van der Waals surface area contributed by atoms with E-state index >= 15 is 0 Å². The molecule has 0 amide bonds. The minimum atomic E-state index is 0.124. The van der Waals surface area contributed by atoms with Crippen LogP contribution in [0.3, 0.4) is 0 Å². The van der Waals surface area contributed by atoms with Gasteiger partial charge in [0.15, 0.2) is 0 Å². The Bertz CT molecular complexity index is 464. The second kappa shape index (κ2) is 4.31. The van der Waals surface area contributed by atoms with Crippen LogP contribution in [0, 0.1) is 0 Å². The highest BCUT2D eigenvalue weighted by Crippen LogP contribution is 2.32. The Morgan fingerprint density at radius 3 is 2.71 bits per heavy atom. The van der Waals surface area contributed by atoms with Crippen LogP contribution in [0.15, 0.2) is 22.7 Å². The molecule has 14 heavy (non-hydrogen) atoms. The molecule has 4 heteroatoms. The third kappa shape index (κ3) is 1.89. The summed E-state index contributed by atoms with van der Waals surface area (Å²) in [5.74, 6) is 0. The molecule has 0 unspecified atom stereocenters. The number of thiophene rings is 1. The molecule has 0 atom stereocenters. The van der Waals surface area contributed by atoms with E-state index in [0.29, 0.717) is 0 Å². The van der Waals surface area contributed by atoms with Gasteiger partial charge >= 0.3 is 0 Å².